The summed E-state index contributed by atoms with van der Waals surface area (Å²) in [7, 11) is 0. The van der Waals surface area contributed by atoms with E-state index in [9.17, 15) is 0 Å². The Kier molecular flexibility index (Phi) is 2.01. The van der Waals surface area contributed by atoms with Gasteiger partial charge in [0.15, 0.2) is 5.82 Å². The summed E-state index contributed by atoms with van der Waals surface area (Å²) in [5.74, 6) is 2.34. The van der Waals surface area contributed by atoms with Crippen molar-refractivity contribution in [2.45, 2.75) is 44.1 Å². The molecule has 14 heavy (non-hydrogen) atoms. The molecular weight excluding hydrogens is 178 g/mol. The summed E-state index contributed by atoms with van der Waals surface area (Å²) in [6.45, 7) is 1.13. The van der Waals surface area contributed by atoms with Gasteiger partial charge in [-0.15, -0.1) is 0 Å². The van der Waals surface area contributed by atoms with Crippen molar-refractivity contribution in [3.8, 4) is 0 Å². The summed E-state index contributed by atoms with van der Waals surface area (Å²) in [6.07, 6.45) is 5.89. The van der Waals surface area contributed by atoms with Gasteiger partial charge in [0.2, 0.25) is 5.89 Å². The highest BCUT2D eigenvalue weighted by molar-refractivity contribution is 5.04. The predicted molar refractivity (Wildman–Crippen MR) is 51.0 cm³/mol. The van der Waals surface area contributed by atoms with Gasteiger partial charge >= 0.3 is 0 Å². The molecule has 0 unspecified atom stereocenters. The van der Waals surface area contributed by atoms with Crippen molar-refractivity contribution in [1.82, 2.24) is 15.5 Å². The molecule has 0 bridgehead atoms. The van der Waals surface area contributed by atoms with Gasteiger partial charge in [-0.1, -0.05) is 5.16 Å². The SMILES string of the molecule is C1CN[C@@H](Cc2nc(C3CC3)no2)C1. The van der Waals surface area contributed by atoms with E-state index in [1.54, 1.807) is 0 Å². The van der Waals surface area contributed by atoms with Crippen LogP contribution in [-0.4, -0.2) is 22.7 Å². The lowest BCUT2D eigenvalue weighted by Crippen LogP contribution is -2.23. The highest BCUT2D eigenvalue weighted by Crippen LogP contribution is 2.38. The molecule has 2 heterocycles. The van der Waals surface area contributed by atoms with Crippen LogP contribution in [0.25, 0.3) is 0 Å². The summed E-state index contributed by atoms with van der Waals surface area (Å²) in [5.41, 5.74) is 0. The van der Waals surface area contributed by atoms with Crippen LogP contribution in [0.3, 0.4) is 0 Å². The number of rotatable bonds is 3. The second-order valence-electron chi connectivity index (χ2n) is 4.32. The van der Waals surface area contributed by atoms with Gasteiger partial charge in [-0.05, 0) is 32.2 Å². The van der Waals surface area contributed by atoms with Crippen LogP contribution in [0.4, 0.5) is 0 Å². The van der Waals surface area contributed by atoms with Crippen molar-refractivity contribution in [2.24, 2.45) is 0 Å². The first-order valence-corrected chi connectivity index (χ1v) is 5.47. The highest BCUT2D eigenvalue weighted by atomic mass is 16.5. The Morgan fingerprint density at radius 3 is 3.00 bits per heavy atom. The Hall–Kier alpha value is -0.900. The summed E-state index contributed by atoms with van der Waals surface area (Å²) in [6, 6.07) is 0.558. The van der Waals surface area contributed by atoms with Crippen LogP contribution < -0.4 is 5.32 Å². The van der Waals surface area contributed by atoms with E-state index in [1.165, 1.54) is 25.7 Å². The van der Waals surface area contributed by atoms with Gasteiger partial charge in [-0.3, -0.25) is 0 Å². The highest BCUT2D eigenvalue weighted by Gasteiger charge is 2.29. The molecular formula is C10H15N3O. The zero-order chi connectivity index (χ0) is 9.38. The minimum absolute atomic E-state index is 0.558. The zero-order valence-electron chi connectivity index (χ0n) is 8.20. The largest absolute Gasteiger partial charge is 0.339 e. The van der Waals surface area contributed by atoms with Crippen LogP contribution in [0.1, 0.15) is 43.3 Å². The minimum Gasteiger partial charge on any atom is -0.339 e. The van der Waals surface area contributed by atoms with Crippen LogP contribution >= 0.6 is 0 Å². The fourth-order valence-electron chi connectivity index (χ4n) is 2.00. The van der Waals surface area contributed by atoms with Crippen LogP contribution in [0, 0.1) is 0 Å². The molecule has 3 rings (SSSR count). The normalized spacial score (nSPS) is 27.0. The van der Waals surface area contributed by atoms with Crippen molar-refractivity contribution in [3.05, 3.63) is 11.7 Å². The molecule has 0 spiro atoms. The van der Waals surface area contributed by atoms with Crippen molar-refractivity contribution in [3.63, 3.8) is 0 Å². The molecule has 2 fully saturated rings. The fraction of sp³-hybridized carbons (Fsp3) is 0.800. The average molecular weight is 193 g/mol. The molecule has 1 aromatic heterocycles. The standard InChI is InChI=1S/C10H15N3O/c1-2-8(11-5-1)6-9-12-10(13-14-9)7-3-4-7/h7-8,11H,1-6H2/t8-/m1/s1. The van der Waals surface area contributed by atoms with Gasteiger partial charge in [0.05, 0.1) is 0 Å². The third-order valence-electron chi connectivity index (χ3n) is 3.01. The molecule has 4 nitrogen and oxygen atoms in total. The minimum atomic E-state index is 0.558. The topological polar surface area (TPSA) is 51.0 Å². The number of aromatic nitrogens is 2. The molecule has 1 saturated heterocycles. The quantitative estimate of drug-likeness (QED) is 0.784. The molecule has 2 aliphatic rings. The molecule has 1 aliphatic heterocycles. The lowest BCUT2D eigenvalue weighted by molar-refractivity contribution is 0.360. The van der Waals surface area contributed by atoms with Gasteiger partial charge in [0.1, 0.15) is 0 Å². The summed E-state index contributed by atoms with van der Waals surface area (Å²) in [5, 5.41) is 7.44. The van der Waals surface area contributed by atoms with E-state index < -0.39 is 0 Å². The van der Waals surface area contributed by atoms with Crippen molar-refractivity contribution in [2.75, 3.05) is 6.54 Å². The molecule has 1 atom stereocenters. The lowest BCUT2D eigenvalue weighted by atomic mass is 10.1. The molecule has 1 aliphatic carbocycles. The Labute approximate surface area is 83.1 Å². The third-order valence-corrected chi connectivity index (χ3v) is 3.01. The van der Waals surface area contributed by atoms with Gasteiger partial charge < -0.3 is 9.84 Å². The maximum atomic E-state index is 5.23. The first-order chi connectivity index (χ1) is 6.92. The maximum absolute atomic E-state index is 5.23. The second-order valence-corrected chi connectivity index (χ2v) is 4.32. The Morgan fingerprint density at radius 1 is 1.36 bits per heavy atom. The molecule has 0 aromatic carbocycles. The summed E-state index contributed by atoms with van der Waals surface area (Å²) >= 11 is 0. The van der Waals surface area contributed by atoms with Crippen LogP contribution in [-0.2, 0) is 6.42 Å². The van der Waals surface area contributed by atoms with Gasteiger partial charge in [-0.25, -0.2) is 0 Å². The predicted octanol–water partition coefficient (Wildman–Crippen LogP) is 1.24. The first-order valence-electron chi connectivity index (χ1n) is 5.47. The van der Waals surface area contributed by atoms with E-state index in [0.717, 1.165) is 24.7 Å². The van der Waals surface area contributed by atoms with Crippen LogP contribution in [0.5, 0.6) is 0 Å². The Morgan fingerprint density at radius 2 is 2.29 bits per heavy atom. The first kappa shape index (κ1) is 8.41. The molecule has 1 aromatic rings. The number of hydrogen-bond acceptors (Lipinski definition) is 4. The monoisotopic (exact) mass is 193 g/mol. The second kappa shape index (κ2) is 3.35. The van der Waals surface area contributed by atoms with Gasteiger partial charge in [0, 0.05) is 18.4 Å². The van der Waals surface area contributed by atoms with E-state index in [4.69, 9.17) is 4.52 Å². The van der Waals surface area contributed by atoms with E-state index in [1.807, 2.05) is 0 Å². The Bertz CT molecular complexity index is 313. The molecule has 1 N–H and O–H groups in total. The molecule has 4 heteroatoms. The maximum Gasteiger partial charge on any atom is 0.228 e. The fourth-order valence-corrected chi connectivity index (χ4v) is 2.00. The number of nitrogens with one attached hydrogen (secondary N) is 1. The van der Waals surface area contributed by atoms with Gasteiger partial charge in [0.25, 0.3) is 0 Å². The van der Waals surface area contributed by atoms with E-state index >= 15 is 0 Å². The summed E-state index contributed by atoms with van der Waals surface area (Å²) in [4.78, 5) is 4.42. The average Bonchev–Trinajstić information content (AvgIpc) is 2.75. The van der Waals surface area contributed by atoms with Crippen molar-refractivity contribution < 1.29 is 4.52 Å². The van der Waals surface area contributed by atoms with Crippen LogP contribution in [0.15, 0.2) is 4.52 Å². The Balaban J connectivity index is 1.64. The smallest absolute Gasteiger partial charge is 0.228 e. The van der Waals surface area contributed by atoms with Crippen LogP contribution in [0.2, 0.25) is 0 Å². The molecule has 76 valence electrons. The van der Waals surface area contributed by atoms with Crippen molar-refractivity contribution in [1.29, 1.82) is 0 Å². The number of hydrogen-bond donors (Lipinski definition) is 1. The van der Waals surface area contributed by atoms with E-state index in [0.29, 0.717) is 12.0 Å². The summed E-state index contributed by atoms with van der Waals surface area (Å²) < 4.78 is 5.23. The van der Waals surface area contributed by atoms with E-state index in [-0.39, 0.29) is 0 Å². The van der Waals surface area contributed by atoms with Crippen molar-refractivity contribution >= 4 is 0 Å². The van der Waals surface area contributed by atoms with Gasteiger partial charge in [-0.2, -0.15) is 4.98 Å². The molecule has 0 radical (unpaired) electrons. The molecule has 0 amide bonds. The molecule has 1 saturated carbocycles. The lowest BCUT2D eigenvalue weighted by Gasteiger charge is -2.04. The zero-order valence-corrected chi connectivity index (χ0v) is 8.20. The number of nitrogens with zero attached hydrogens (tertiary/aromatic N) is 2. The van der Waals surface area contributed by atoms with E-state index in [2.05, 4.69) is 15.5 Å². The third kappa shape index (κ3) is 1.66.